The van der Waals surface area contributed by atoms with Crippen LogP contribution in [0.5, 0.6) is 0 Å². The fraction of sp³-hybridized carbons (Fsp3) is 0.200. The van der Waals surface area contributed by atoms with Crippen LogP contribution in [0.2, 0.25) is 0 Å². The summed E-state index contributed by atoms with van der Waals surface area (Å²) < 4.78 is 49.1. The van der Waals surface area contributed by atoms with E-state index in [2.05, 4.69) is 4.40 Å². The lowest BCUT2D eigenvalue weighted by Crippen LogP contribution is -2.23. The Morgan fingerprint density at radius 1 is 1.36 bits per heavy atom. The van der Waals surface area contributed by atoms with Gasteiger partial charge in [0.15, 0.2) is 0 Å². The van der Waals surface area contributed by atoms with Gasteiger partial charge in [-0.3, -0.25) is 4.79 Å². The molecule has 0 N–H and O–H groups in total. The first-order valence-electron chi connectivity index (χ1n) is 7.20. The highest BCUT2D eigenvalue weighted by molar-refractivity contribution is 7.92. The average molecular weight is 400 g/mol. The van der Waals surface area contributed by atoms with Crippen molar-refractivity contribution in [2.24, 2.45) is 4.40 Å². The molecule has 0 radical (unpaired) electrons. The number of benzene rings is 1. The number of hydrogen-bond acceptors (Lipinski definition) is 6. The smallest absolute Gasteiger partial charge is 0.326 e. The van der Waals surface area contributed by atoms with E-state index in [4.69, 9.17) is 4.74 Å². The summed E-state index contributed by atoms with van der Waals surface area (Å²) in [5, 5.41) is 1.63. The van der Waals surface area contributed by atoms with Gasteiger partial charge in [0.1, 0.15) is 16.6 Å². The number of thiophene rings is 1. The zero-order valence-corrected chi connectivity index (χ0v) is 15.5. The van der Waals surface area contributed by atoms with Gasteiger partial charge in [0, 0.05) is 0 Å². The Morgan fingerprint density at radius 3 is 2.84 bits per heavy atom. The lowest BCUT2D eigenvalue weighted by atomic mass is 10.3. The number of hydrogen-bond donors (Lipinski definition) is 0. The second kappa shape index (κ2) is 7.06. The molecule has 0 saturated heterocycles. The monoisotopic (exact) mass is 400 g/mol. The molecule has 0 fully saturated rings. The molecule has 132 valence electrons. The van der Waals surface area contributed by atoms with E-state index in [1.54, 1.807) is 18.4 Å². The molecule has 0 aliphatic carbocycles. The average Bonchev–Trinajstić information content (AvgIpc) is 3.17. The van der Waals surface area contributed by atoms with Crippen molar-refractivity contribution >= 4 is 48.9 Å². The zero-order valence-electron chi connectivity index (χ0n) is 13.0. The van der Waals surface area contributed by atoms with Crippen molar-refractivity contribution in [2.75, 3.05) is 6.61 Å². The van der Waals surface area contributed by atoms with Crippen LogP contribution in [-0.4, -0.2) is 25.6 Å². The van der Waals surface area contributed by atoms with Gasteiger partial charge < -0.3 is 9.30 Å². The summed E-state index contributed by atoms with van der Waals surface area (Å²) in [5.74, 6) is -0.980. The predicted octanol–water partition coefficient (Wildman–Crippen LogP) is 2.76. The summed E-state index contributed by atoms with van der Waals surface area (Å²) in [5.41, 5.74) is 0.514. The van der Waals surface area contributed by atoms with Gasteiger partial charge in [0.05, 0.1) is 16.8 Å². The van der Waals surface area contributed by atoms with Gasteiger partial charge in [-0.05, 0) is 36.6 Å². The number of aromatic nitrogens is 1. The van der Waals surface area contributed by atoms with Crippen LogP contribution in [0, 0.1) is 5.82 Å². The minimum atomic E-state index is -3.91. The molecule has 0 unspecified atom stereocenters. The standard InChI is InChI=1S/C15H13FN2O4S3/c1-2-22-13(19)9-18-11-6-5-10(16)8-12(11)24-15(18)17-25(20,21)14-4-3-7-23-14/h3-8H,2,9H2,1H3/b17-15-. The van der Waals surface area contributed by atoms with Crippen molar-refractivity contribution in [3.8, 4) is 0 Å². The van der Waals surface area contributed by atoms with Crippen LogP contribution in [0.1, 0.15) is 6.92 Å². The number of carbonyl (C=O) groups excluding carboxylic acids is 1. The molecule has 2 heterocycles. The van der Waals surface area contributed by atoms with E-state index in [0.29, 0.717) is 10.2 Å². The third kappa shape index (κ3) is 3.80. The highest BCUT2D eigenvalue weighted by Gasteiger charge is 2.17. The number of sulfonamides is 1. The molecule has 0 atom stereocenters. The molecule has 0 bridgehead atoms. The number of thiazole rings is 1. The Labute approximate surface area is 150 Å². The van der Waals surface area contributed by atoms with Crippen LogP contribution in [-0.2, 0) is 26.1 Å². The minimum Gasteiger partial charge on any atom is -0.465 e. The SMILES string of the molecule is CCOC(=O)Cn1/c(=N/S(=O)(=O)c2cccs2)sc2cc(F)ccc21. The lowest BCUT2D eigenvalue weighted by Gasteiger charge is -2.05. The molecule has 6 nitrogen and oxygen atoms in total. The second-order valence-electron chi connectivity index (χ2n) is 4.89. The third-order valence-corrected chi connectivity index (χ3v) is 6.98. The van der Waals surface area contributed by atoms with E-state index < -0.39 is 21.8 Å². The first-order chi connectivity index (χ1) is 11.9. The highest BCUT2D eigenvalue weighted by atomic mass is 32.2. The molecule has 0 saturated carbocycles. The van der Waals surface area contributed by atoms with Gasteiger partial charge in [-0.15, -0.1) is 15.7 Å². The van der Waals surface area contributed by atoms with E-state index in [0.717, 1.165) is 22.7 Å². The maximum atomic E-state index is 13.5. The quantitative estimate of drug-likeness (QED) is 0.617. The van der Waals surface area contributed by atoms with Crippen LogP contribution >= 0.6 is 22.7 Å². The van der Waals surface area contributed by atoms with Crippen molar-refractivity contribution in [3.63, 3.8) is 0 Å². The summed E-state index contributed by atoms with van der Waals surface area (Å²) >= 11 is 2.04. The van der Waals surface area contributed by atoms with E-state index in [1.807, 2.05) is 0 Å². The molecule has 25 heavy (non-hydrogen) atoms. The summed E-state index contributed by atoms with van der Waals surface area (Å²) in [6, 6.07) is 7.07. The number of halogens is 1. The number of carbonyl (C=O) groups is 1. The molecule has 0 aliphatic rings. The number of esters is 1. The van der Waals surface area contributed by atoms with E-state index >= 15 is 0 Å². The fourth-order valence-electron chi connectivity index (χ4n) is 2.16. The number of nitrogens with zero attached hydrogens (tertiary/aromatic N) is 2. The predicted molar refractivity (Wildman–Crippen MR) is 93.5 cm³/mol. The van der Waals surface area contributed by atoms with Crippen molar-refractivity contribution in [1.29, 1.82) is 0 Å². The maximum Gasteiger partial charge on any atom is 0.326 e. The minimum absolute atomic E-state index is 0.0852. The molecular formula is C15H13FN2O4S3. The van der Waals surface area contributed by atoms with Crippen LogP contribution in [0.25, 0.3) is 10.2 Å². The normalized spacial score (nSPS) is 12.6. The molecule has 0 spiro atoms. The Bertz CT molecular complexity index is 1080. The molecule has 10 heteroatoms. The van der Waals surface area contributed by atoms with E-state index in [-0.39, 0.29) is 22.2 Å². The number of ether oxygens (including phenoxy) is 1. The van der Waals surface area contributed by atoms with Crippen molar-refractivity contribution in [1.82, 2.24) is 4.57 Å². The van der Waals surface area contributed by atoms with Gasteiger partial charge in [-0.2, -0.15) is 8.42 Å². The molecule has 3 aromatic rings. The van der Waals surface area contributed by atoms with Crippen LogP contribution in [0.3, 0.4) is 0 Å². The fourth-order valence-corrected chi connectivity index (χ4v) is 5.39. The van der Waals surface area contributed by atoms with Crippen LogP contribution in [0.4, 0.5) is 4.39 Å². The van der Waals surface area contributed by atoms with Gasteiger partial charge in [-0.1, -0.05) is 17.4 Å². The third-order valence-electron chi connectivity index (χ3n) is 3.18. The van der Waals surface area contributed by atoms with Gasteiger partial charge in [-0.25, -0.2) is 4.39 Å². The van der Waals surface area contributed by atoms with Crippen molar-refractivity contribution < 1.29 is 22.3 Å². The lowest BCUT2D eigenvalue weighted by molar-refractivity contribution is -0.143. The Hall–Kier alpha value is -2.04. The maximum absolute atomic E-state index is 13.5. The van der Waals surface area contributed by atoms with E-state index in [1.165, 1.54) is 28.8 Å². The number of fused-ring (bicyclic) bond motifs is 1. The summed E-state index contributed by atoms with van der Waals surface area (Å²) in [6.07, 6.45) is 0. The van der Waals surface area contributed by atoms with Gasteiger partial charge in [0.2, 0.25) is 4.80 Å². The molecular weight excluding hydrogens is 387 g/mol. The van der Waals surface area contributed by atoms with Crippen molar-refractivity contribution in [2.45, 2.75) is 17.7 Å². The Balaban J connectivity index is 2.19. The molecule has 2 aromatic heterocycles. The zero-order chi connectivity index (χ0) is 18.0. The summed E-state index contributed by atoms with van der Waals surface area (Å²) in [4.78, 5) is 12.0. The second-order valence-corrected chi connectivity index (χ2v) is 8.67. The molecule has 3 rings (SSSR count). The largest absolute Gasteiger partial charge is 0.465 e. The van der Waals surface area contributed by atoms with Crippen LogP contribution < -0.4 is 4.80 Å². The highest BCUT2D eigenvalue weighted by Crippen LogP contribution is 2.21. The first kappa shape index (κ1) is 17.8. The topological polar surface area (TPSA) is 77.7 Å². The summed E-state index contributed by atoms with van der Waals surface area (Å²) in [7, 11) is -3.91. The molecule has 1 aromatic carbocycles. The van der Waals surface area contributed by atoms with Crippen molar-refractivity contribution in [3.05, 3.63) is 46.3 Å². The van der Waals surface area contributed by atoms with Gasteiger partial charge >= 0.3 is 5.97 Å². The molecule has 0 aliphatic heterocycles. The van der Waals surface area contributed by atoms with E-state index in [9.17, 15) is 17.6 Å². The molecule has 0 amide bonds. The Morgan fingerprint density at radius 2 is 2.16 bits per heavy atom. The first-order valence-corrected chi connectivity index (χ1v) is 10.3. The summed E-state index contributed by atoms with van der Waals surface area (Å²) in [6.45, 7) is 1.67. The van der Waals surface area contributed by atoms with Crippen LogP contribution in [0.15, 0.2) is 44.3 Å². The van der Waals surface area contributed by atoms with Gasteiger partial charge in [0.25, 0.3) is 10.0 Å². The number of rotatable bonds is 5. The Kier molecular flexibility index (Phi) is 5.02.